The van der Waals surface area contributed by atoms with Crippen molar-refractivity contribution >= 4 is 35.3 Å². The summed E-state index contributed by atoms with van der Waals surface area (Å²) in [5.74, 6) is 1.04. The molecule has 2 aliphatic rings. The summed E-state index contributed by atoms with van der Waals surface area (Å²) in [5, 5.41) is 6.10. The fourth-order valence-corrected chi connectivity index (χ4v) is 4.87. The van der Waals surface area contributed by atoms with E-state index in [0.29, 0.717) is 22.1 Å². The van der Waals surface area contributed by atoms with Crippen LogP contribution >= 0.6 is 11.8 Å². The van der Waals surface area contributed by atoms with Gasteiger partial charge in [0.25, 0.3) is 11.8 Å². The number of hydrogen-bond donors (Lipinski definition) is 2. The number of nitrogens with one attached hydrogen (secondary N) is 2. The van der Waals surface area contributed by atoms with Gasteiger partial charge < -0.3 is 15.4 Å². The van der Waals surface area contributed by atoms with E-state index >= 15 is 0 Å². The van der Waals surface area contributed by atoms with E-state index in [1.54, 1.807) is 13.2 Å². The summed E-state index contributed by atoms with van der Waals surface area (Å²) >= 11 is 1.41. The minimum atomic E-state index is -0.165. The third-order valence-corrected chi connectivity index (χ3v) is 6.87. The van der Waals surface area contributed by atoms with Crippen molar-refractivity contribution in [2.75, 3.05) is 12.4 Å². The molecule has 2 N–H and O–H groups in total. The zero-order valence-corrected chi connectivity index (χ0v) is 18.1. The van der Waals surface area contributed by atoms with Gasteiger partial charge in [0, 0.05) is 16.5 Å². The lowest BCUT2D eigenvalue weighted by molar-refractivity contribution is -0.112. The molecule has 0 radical (unpaired) electrons. The van der Waals surface area contributed by atoms with Crippen LogP contribution in [0.1, 0.15) is 48.5 Å². The summed E-state index contributed by atoms with van der Waals surface area (Å²) < 4.78 is 5.17. The van der Waals surface area contributed by atoms with E-state index in [4.69, 9.17) is 4.74 Å². The van der Waals surface area contributed by atoms with Crippen molar-refractivity contribution < 1.29 is 14.3 Å². The molecule has 0 spiro atoms. The fraction of sp³-hybridized carbons (Fsp3) is 0.333. The van der Waals surface area contributed by atoms with Crippen LogP contribution in [0.15, 0.2) is 52.3 Å². The molecule has 2 aromatic carbocycles. The van der Waals surface area contributed by atoms with Crippen LogP contribution in [-0.2, 0) is 4.79 Å². The number of fused-ring (bicyclic) bond motifs is 1. The first-order valence-electron chi connectivity index (χ1n) is 10.3. The minimum Gasteiger partial charge on any atom is -0.497 e. The molecule has 0 aromatic heterocycles. The molecule has 0 bridgehead atoms. The summed E-state index contributed by atoms with van der Waals surface area (Å²) in [6.07, 6.45) is 6.44. The number of thioether (sulfide) groups is 1. The van der Waals surface area contributed by atoms with Crippen LogP contribution in [0.3, 0.4) is 0 Å². The predicted octanol–water partition coefficient (Wildman–Crippen LogP) is 5.09. The van der Waals surface area contributed by atoms with Crippen molar-refractivity contribution in [1.82, 2.24) is 5.32 Å². The first kappa shape index (κ1) is 20.5. The van der Waals surface area contributed by atoms with Crippen molar-refractivity contribution in [3.05, 3.63) is 58.5 Å². The first-order chi connectivity index (χ1) is 14.5. The van der Waals surface area contributed by atoms with Crippen LogP contribution in [0.4, 0.5) is 5.69 Å². The second-order valence-corrected chi connectivity index (χ2v) is 8.97. The van der Waals surface area contributed by atoms with Gasteiger partial charge in [0.2, 0.25) is 0 Å². The van der Waals surface area contributed by atoms with Crippen molar-refractivity contribution in [3.8, 4) is 5.75 Å². The average molecular weight is 423 g/mol. The molecule has 5 nitrogen and oxygen atoms in total. The van der Waals surface area contributed by atoms with Crippen LogP contribution in [0.25, 0.3) is 6.08 Å². The maximum atomic E-state index is 12.7. The highest BCUT2D eigenvalue weighted by Gasteiger charge is 2.25. The standard InChI is InChI=1S/C24H26N2O3S/c1-15-5-3-4-6-19(15)25-23(27)17-9-12-21-20(14-17)26-24(28)22(30-21)13-16-7-10-18(29-2)11-8-16/h7-15,19H,3-6H2,1-2H3,(H,25,27)(H,26,28)/b22-13+/t15-,19-/m1/s1. The maximum absolute atomic E-state index is 12.7. The maximum Gasteiger partial charge on any atom is 0.262 e. The summed E-state index contributed by atoms with van der Waals surface area (Å²) in [6.45, 7) is 2.20. The van der Waals surface area contributed by atoms with Crippen molar-refractivity contribution in [3.63, 3.8) is 0 Å². The number of carbonyl (C=O) groups excluding carboxylic acids is 2. The number of carbonyl (C=O) groups is 2. The third kappa shape index (κ3) is 4.54. The Kier molecular flexibility index (Phi) is 6.13. The second-order valence-electron chi connectivity index (χ2n) is 7.89. The van der Waals surface area contributed by atoms with E-state index in [-0.39, 0.29) is 17.9 Å². The highest BCUT2D eigenvalue weighted by molar-refractivity contribution is 8.04. The van der Waals surface area contributed by atoms with Gasteiger partial charge in [0.05, 0.1) is 17.7 Å². The van der Waals surface area contributed by atoms with Gasteiger partial charge in [-0.15, -0.1) is 0 Å². The Morgan fingerprint density at radius 2 is 1.93 bits per heavy atom. The lowest BCUT2D eigenvalue weighted by Gasteiger charge is -2.29. The monoisotopic (exact) mass is 422 g/mol. The van der Waals surface area contributed by atoms with E-state index in [9.17, 15) is 9.59 Å². The molecule has 30 heavy (non-hydrogen) atoms. The van der Waals surface area contributed by atoms with E-state index in [1.165, 1.54) is 18.2 Å². The van der Waals surface area contributed by atoms with Gasteiger partial charge in [0.15, 0.2) is 0 Å². The lowest BCUT2D eigenvalue weighted by atomic mass is 9.86. The number of rotatable bonds is 4. The Bertz CT molecular complexity index is 984. The third-order valence-electron chi connectivity index (χ3n) is 5.78. The molecule has 2 amide bonds. The molecule has 6 heteroatoms. The van der Waals surface area contributed by atoms with Gasteiger partial charge >= 0.3 is 0 Å². The van der Waals surface area contributed by atoms with Gasteiger partial charge in [-0.25, -0.2) is 0 Å². The number of methoxy groups -OCH3 is 1. The first-order valence-corrected chi connectivity index (χ1v) is 11.1. The number of benzene rings is 2. The number of ether oxygens (including phenoxy) is 1. The summed E-state index contributed by atoms with van der Waals surface area (Å²) in [5.41, 5.74) is 2.19. The van der Waals surface area contributed by atoms with E-state index in [1.807, 2.05) is 42.5 Å². The highest BCUT2D eigenvalue weighted by atomic mass is 32.2. The molecule has 4 rings (SSSR count). The van der Waals surface area contributed by atoms with Crippen LogP contribution in [0.5, 0.6) is 5.75 Å². The quantitative estimate of drug-likeness (QED) is 0.674. The molecule has 1 fully saturated rings. The van der Waals surface area contributed by atoms with Crippen molar-refractivity contribution in [2.24, 2.45) is 5.92 Å². The molecule has 0 saturated heterocycles. The molecule has 156 valence electrons. The van der Waals surface area contributed by atoms with Crippen LogP contribution in [0.2, 0.25) is 0 Å². The summed E-state index contributed by atoms with van der Waals surface area (Å²) in [6, 6.07) is 13.3. The van der Waals surface area contributed by atoms with Crippen molar-refractivity contribution in [2.45, 2.75) is 43.5 Å². The van der Waals surface area contributed by atoms with Gasteiger partial charge in [-0.05, 0) is 60.7 Å². The number of anilines is 1. The van der Waals surface area contributed by atoms with E-state index in [0.717, 1.165) is 35.5 Å². The van der Waals surface area contributed by atoms with Gasteiger partial charge in [-0.3, -0.25) is 9.59 Å². The molecule has 0 unspecified atom stereocenters. The smallest absolute Gasteiger partial charge is 0.262 e. The fourth-order valence-electron chi connectivity index (χ4n) is 3.94. The van der Waals surface area contributed by atoms with E-state index < -0.39 is 0 Å². The molecule has 1 aliphatic heterocycles. The topological polar surface area (TPSA) is 67.4 Å². The molecular formula is C24H26N2O3S. The highest BCUT2D eigenvalue weighted by Crippen LogP contribution is 2.39. The zero-order chi connectivity index (χ0) is 21.1. The summed E-state index contributed by atoms with van der Waals surface area (Å²) in [7, 11) is 1.62. The average Bonchev–Trinajstić information content (AvgIpc) is 2.76. The normalized spacial score (nSPS) is 22.2. The Morgan fingerprint density at radius 1 is 1.17 bits per heavy atom. The lowest BCUT2D eigenvalue weighted by Crippen LogP contribution is -2.41. The number of hydrogen-bond acceptors (Lipinski definition) is 4. The molecule has 2 atom stereocenters. The predicted molar refractivity (Wildman–Crippen MR) is 121 cm³/mol. The van der Waals surface area contributed by atoms with Crippen LogP contribution in [-0.4, -0.2) is 25.0 Å². The van der Waals surface area contributed by atoms with E-state index in [2.05, 4.69) is 17.6 Å². The SMILES string of the molecule is COc1ccc(/C=C2/Sc3ccc(C(=O)N[C@@H]4CCCC[C@H]4C)cc3NC2=O)cc1. The van der Waals surface area contributed by atoms with Gasteiger partial charge in [0.1, 0.15) is 5.75 Å². The molecular weight excluding hydrogens is 396 g/mol. The second kappa shape index (κ2) is 8.96. The minimum absolute atomic E-state index is 0.0737. The van der Waals surface area contributed by atoms with Gasteiger partial charge in [-0.1, -0.05) is 43.7 Å². The Labute approximate surface area is 181 Å². The largest absolute Gasteiger partial charge is 0.497 e. The molecule has 2 aromatic rings. The van der Waals surface area contributed by atoms with Crippen molar-refractivity contribution in [1.29, 1.82) is 0 Å². The zero-order valence-electron chi connectivity index (χ0n) is 17.2. The Hall–Kier alpha value is -2.73. The van der Waals surface area contributed by atoms with Crippen LogP contribution < -0.4 is 15.4 Å². The van der Waals surface area contributed by atoms with Crippen LogP contribution in [0, 0.1) is 5.92 Å². The Balaban J connectivity index is 1.49. The molecule has 1 saturated carbocycles. The molecule has 1 aliphatic carbocycles. The van der Waals surface area contributed by atoms with Gasteiger partial charge in [-0.2, -0.15) is 0 Å². The number of amides is 2. The Morgan fingerprint density at radius 3 is 2.67 bits per heavy atom. The summed E-state index contributed by atoms with van der Waals surface area (Å²) in [4.78, 5) is 26.9. The molecule has 1 heterocycles.